The Kier molecular flexibility index (Phi) is 1.77. The van der Waals surface area contributed by atoms with Gasteiger partial charge in [-0.25, -0.2) is 4.98 Å². The summed E-state index contributed by atoms with van der Waals surface area (Å²) in [5.74, 6) is 0.311. The van der Waals surface area contributed by atoms with Crippen LogP contribution < -0.4 is 0 Å². The average Bonchev–Trinajstić information content (AvgIpc) is 2.62. The number of hydrogen-bond donors (Lipinski definition) is 1. The topological polar surface area (TPSA) is 38.0 Å². The van der Waals surface area contributed by atoms with Crippen molar-refractivity contribution in [1.29, 1.82) is 0 Å². The third-order valence-corrected chi connectivity index (χ3v) is 2.00. The predicted molar refractivity (Wildman–Crippen MR) is 50.0 cm³/mol. The maximum Gasteiger partial charge on any atom is 0.120 e. The summed E-state index contributed by atoms with van der Waals surface area (Å²) in [6, 6.07) is 5.54. The van der Waals surface area contributed by atoms with E-state index in [0.717, 1.165) is 11.3 Å². The quantitative estimate of drug-likeness (QED) is 0.716. The monoisotopic (exact) mass is 174 g/mol. The molecule has 0 aliphatic heterocycles. The highest BCUT2D eigenvalue weighted by molar-refractivity contribution is 5.43. The molecule has 1 heterocycles. The van der Waals surface area contributed by atoms with Gasteiger partial charge in [-0.2, -0.15) is 0 Å². The highest BCUT2D eigenvalue weighted by atomic mass is 16.3. The number of rotatable bonds is 1. The average molecular weight is 174 g/mol. The summed E-state index contributed by atoms with van der Waals surface area (Å²) >= 11 is 0. The Labute approximate surface area is 76.3 Å². The van der Waals surface area contributed by atoms with E-state index in [1.54, 1.807) is 18.6 Å². The molecule has 66 valence electrons. The number of hydrogen-bond acceptors (Lipinski definition) is 2. The van der Waals surface area contributed by atoms with Crippen molar-refractivity contribution in [3.8, 4) is 11.4 Å². The van der Waals surface area contributed by atoms with Crippen LogP contribution in [0.25, 0.3) is 5.69 Å². The fourth-order valence-corrected chi connectivity index (χ4v) is 1.17. The molecule has 0 radical (unpaired) electrons. The van der Waals surface area contributed by atoms with E-state index >= 15 is 0 Å². The highest BCUT2D eigenvalue weighted by Gasteiger charge is 1.98. The number of phenolic OH excluding ortho intramolecular Hbond substituents is 1. The van der Waals surface area contributed by atoms with E-state index in [-0.39, 0.29) is 0 Å². The van der Waals surface area contributed by atoms with Crippen LogP contribution in [0.2, 0.25) is 0 Å². The van der Waals surface area contributed by atoms with Crippen LogP contribution in [0.5, 0.6) is 5.75 Å². The zero-order chi connectivity index (χ0) is 9.26. The van der Waals surface area contributed by atoms with Gasteiger partial charge in [-0.05, 0) is 18.6 Å². The third kappa shape index (κ3) is 1.40. The predicted octanol–water partition coefficient (Wildman–Crippen LogP) is 1.89. The number of imidazole rings is 1. The lowest BCUT2D eigenvalue weighted by molar-refractivity contribution is 0.471. The lowest BCUT2D eigenvalue weighted by atomic mass is 10.2. The zero-order valence-corrected chi connectivity index (χ0v) is 7.31. The van der Waals surface area contributed by atoms with Gasteiger partial charge in [0.25, 0.3) is 0 Å². The van der Waals surface area contributed by atoms with Crippen LogP contribution in [-0.2, 0) is 0 Å². The molecule has 2 rings (SSSR count). The summed E-state index contributed by atoms with van der Waals surface area (Å²) in [5, 5.41) is 9.47. The molecule has 13 heavy (non-hydrogen) atoms. The molecule has 0 saturated carbocycles. The largest absolute Gasteiger partial charge is 0.508 e. The SMILES string of the molecule is Cc1ccc(-n2ccnc2)cc1O. The molecule has 0 aliphatic rings. The van der Waals surface area contributed by atoms with Gasteiger partial charge in [-0.1, -0.05) is 6.07 Å². The third-order valence-electron chi connectivity index (χ3n) is 2.00. The first kappa shape index (κ1) is 7.86. The maximum absolute atomic E-state index is 9.47. The standard InChI is InChI=1S/C10H10N2O/c1-8-2-3-9(6-10(8)13)12-5-4-11-7-12/h2-7,13H,1H3. The van der Waals surface area contributed by atoms with Crippen molar-refractivity contribution in [2.24, 2.45) is 0 Å². The van der Waals surface area contributed by atoms with Crippen molar-refractivity contribution in [2.45, 2.75) is 6.92 Å². The molecular formula is C10H10N2O. The number of benzene rings is 1. The summed E-state index contributed by atoms with van der Waals surface area (Å²) in [7, 11) is 0. The molecule has 0 atom stereocenters. The number of nitrogens with zero attached hydrogens (tertiary/aromatic N) is 2. The first-order chi connectivity index (χ1) is 6.27. The Balaban J connectivity index is 2.49. The second kappa shape index (κ2) is 2.94. The van der Waals surface area contributed by atoms with E-state index in [1.165, 1.54) is 0 Å². The van der Waals surface area contributed by atoms with Gasteiger partial charge in [0.05, 0.1) is 12.0 Å². The smallest absolute Gasteiger partial charge is 0.120 e. The van der Waals surface area contributed by atoms with Gasteiger partial charge in [0.15, 0.2) is 0 Å². The Bertz CT molecular complexity index is 407. The van der Waals surface area contributed by atoms with Gasteiger partial charge < -0.3 is 9.67 Å². The lowest BCUT2D eigenvalue weighted by Gasteiger charge is -2.03. The van der Waals surface area contributed by atoms with Crippen molar-refractivity contribution in [3.63, 3.8) is 0 Å². The zero-order valence-electron chi connectivity index (χ0n) is 7.31. The molecule has 1 aromatic carbocycles. The van der Waals surface area contributed by atoms with E-state index in [4.69, 9.17) is 0 Å². The summed E-state index contributed by atoms with van der Waals surface area (Å²) in [5.41, 5.74) is 1.80. The van der Waals surface area contributed by atoms with Crippen molar-refractivity contribution in [2.75, 3.05) is 0 Å². The second-order valence-electron chi connectivity index (χ2n) is 2.94. The number of aromatic hydroxyl groups is 1. The number of phenols is 1. The lowest BCUT2D eigenvalue weighted by Crippen LogP contribution is -1.89. The summed E-state index contributed by atoms with van der Waals surface area (Å²) in [6.07, 6.45) is 5.24. The van der Waals surface area contributed by atoms with Gasteiger partial charge in [-0.15, -0.1) is 0 Å². The van der Waals surface area contributed by atoms with Crippen molar-refractivity contribution >= 4 is 0 Å². The van der Waals surface area contributed by atoms with Crippen molar-refractivity contribution in [3.05, 3.63) is 42.5 Å². The van der Waals surface area contributed by atoms with Crippen LogP contribution >= 0.6 is 0 Å². The van der Waals surface area contributed by atoms with E-state index in [1.807, 2.05) is 29.8 Å². The van der Waals surface area contributed by atoms with Crippen LogP contribution in [0.3, 0.4) is 0 Å². The minimum atomic E-state index is 0.311. The first-order valence-corrected chi connectivity index (χ1v) is 4.05. The molecule has 2 aromatic rings. The Morgan fingerprint density at radius 3 is 2.85 bits per heavy atom. The normalized spacial score (nSPS) is 10.2. The molecule has 1 aromatic heterocycles. The summed E-state index contributed by atoms with van der Waals surface area (Å²) < 4.78 is 1.85. The molecule has 0 spiro atoms. The van der Waals surface area contributed by atoms with E-state index < -0.39 is 0 Å². The van der Waals surface area contributed by atoms with Crippen molar-refractivity contribution < 1.29 is 5.11 Å². The van der Waals surface area contributed by atoms with Crippen molar-refractivity contribution in [1.82, 2.24) is 9.55 Å². The fraction of sp³-hybridized carbons (Fsp3) is 0.100. The van der Waals surface area contributed by atoms with Gasteiger partial charge in [0.2, 0.25) is 0 Å². The van der Waals surface area contributed by atoms with Gasteiger partial charge in [0, 0.05) is 18.5 Å². The fourth-order valence-electron chi connectivity index (χ4n) is 1.17. The molecule has 0 aliphatic carbocycles. The Morgan fingerprint density at radius 2 is 2.23 bits per heavy atom. The second-order valence-corrected chi connectivity index (χ2v) is 2.94. The summed E-state index contributed by atoms with van der Waals surface area (Å²) in [6.45, 7) is 1.87. The molecule has 0 unspecified atom stereocenters. The molecule has 3 nitrogen and oxygen atoms in total. The van der Waals surface area contributed by atoms with Gasteiger partial charge in [-0.3, -0.25) is 0 Å². The first-order valence-electron chi connectivity index (χ1n) is 4.05. The molecule has 1 N–H and O–H groups in total. The minimum Gasteiger partial charge on any atom is -0.508 e. The van der Waals surface area contributed by atoms with E-state index in [2.05, 4.69) is 4.98 Å². The molecule has 0 saturated heterocycles. The van der Waals surface area contributed by atoms with Gasteiger partial charge >= 0.3 is 0 Å². The maximum atomic E-state index is 9.47. The van der Waals surface area contributed by atoms with E-state index in [0.29, 0.717) is 5.75 Å². The highest BCUT2D eigenvalue weighted by Crippen LogP contribution is 2.19. The molecule has 0 amide bonds. The molecule has 3 heteroatoms. The summed E-state index contributed by atoms with van der Waals surface area (Å²) in [4.78, 5) is 3.93. The Morgan fingerprint density at radius 1 is 1.38 bits per heavy atom. The molecule has 0 bridgehead atoms. The number of aromatic nitrogens is 2. The van der Waals surface area contributed by atoms with Crippen LogP contribution in [0.4, 0.5) is 0 Å². The Hall–Kier alpha value is -1.77. The van der Waals surface area contributed by atoms with Crippen LogP contribution in [-0.4, -0.2) is 14.7 Å². The molecular weight excluding hydrogens is 164 g/mol. The number of aryl methyl sites for hydroxylation is 1. The van der Waals surface area contributed by atoms with Crippen LogP contribution in [0.15, 0.2) is 36.9 Å². The minimum absolute atomic E-state index is 0.311. The molecule has 0 fully saturated rings. The van der Waals surface area contributed by atoms with Gasteiger partial charge in [0.1, 0.15) is 5.75 Å². The van der Waals surface area contributed by atoms with E-state index in [9.17, 15) is 5.11 Å². The van der Waals surface area contributed by atoms with Crippen LogP contribution in [0.1, 0.15) is 5.56 Å². The van der Waals surface area contributed by atoms with Crippen LogP contribution in [0, 0.1) is 6.92 Å².